The van der Waals surface area contributed by atoms with Crippen LogP contribution in [-0.4, -0.2) is 10.4 Å². The van der Waals surface area contributed by atoms with Crippen LogP contribution in [0.25, 0.3) is 0 Å². The van der Waals surface area contributed by atoms with Gasteiger partial charge in [-0.1, -0.05) is 12.1 Å². The molecule has 0 aliphatic heterocycles. The van der Waals surface area contributed by atoms with Gasteiger partial charge in [-0.05, 0) is 17.7 Å². The Kier molecular flexibility index (Phi) is 2.43. The third-order valence-corrected chi connectivity index (χ3v) is 1.38. The fourth-order valence-electron chi connectivity index (χ4n) is 0.808. The van der Waals surface area contributed by atoms with Gasteiger partial charge in [0.25, 0.3) is 0 Å². The van der Waals surface area contributed by atoms with Crippen molar-refractivity contribution in [2.45, 2.75) is 6.54 Å². The summed E-state index contributed by atoms with van der Waals surface area (Å²) in [7, 11) is 0. The summed E-state index contributed by atoms with van der Waals surface area (Å²) in [5.41, 5.74) is 6.51. The van der Waals surface area contributed by atoms with Crippen LogP contribution in [0, 0.1) is 0 Å². The van der Waals surface area contributed by atoms with Gasteiger partial charge in [-0.25, -0.2) is 0 Å². The maximum Gasteiger partial charge on any atom is 0.0946 e. The highest BCUT2D eigenvalue weighted by Crippen LogP contribution is 2.11. The predicted octanol–water partition coefficient (Wildman–Crippen LogP) is 0.730. The van der Waals surface area contributed by atoms with Crippen molar-refractivity contribution in [1.29, 1.82) is 0 Å². The van der Waals surface area contributed by atoms with Crippen LogP contribution in [0.5, 0.6) is 0 Å². The Morgan fingerprint density at radius 1 is 1.36 bits per heavy atom. The third kappa shape index (κ3) is 1.91. The maximum atomic E-state index is 8.59. The number of nitrogens with two attached hydrogens (primary N) is 1. The van der Waals surface area contributed by atoms with Gasteiger partial charge in [-0.15, -0.1) is 5.23 Å². The first-order chi connectivity index (χ1) is 5.24. The van der Waals surface area contributed by atoms with Crippen LogP contribution in [0.2, 0.25) is 0 Å². The van der Waals surface area contributed by atoms with E-state index in [1.807, 2.05) is 6.07 Å². The van der Waals surface area contributed by atoms with E-state index < -0.39 is 0 Å². The molecule has 0 heterocycles. The molecule has 0 amide bonds. The van der Waals surface area contributed by atoms with E-state index in [9.17, 15) is 0 Å². The molecule has 0 aliphatic rings. The highest BCUT2D eigenvalue weighted by Gasteiger charge is 1.97. The van der Waals surface area contributed by atoms with E-state index in [2.05, 4.69) is 0 Å². The van der Waals surface area contributed by atoms with Gasteiger partial charge in [0, 0.05) is 6.54 Å². The SMILES string of the molecule is NCc1cccc(N(O)O)c1. The molecule has 0 unspecified atom stereocenters. The fourth-order valence-corrected chi connectivity index (χ4v) is 0.808. The summed E-state index contributed by atoms with van der Waals surface area (Å²) in [6.07, 6.45) is 0. The molecule has 0 saturated carbocycles. The first-order valence-corrected chi connectivity index (χ1v) is 3.21. The summed E-state index contributed by atoms with van der Waals surface area (Å²) in [4.78, 5) is 0. The van der Waals surface area contributed by atoms with Crippen LogP contribution in [0.1, 0.15) is 5.56 Å². The lowest BCUT2D eigenvalue weighted by molar-refractivity contribution is 0.0291. The van der Waals surface area contributed by atoms with Crippen LogP contribution in [0.4, 0.5) is 5.69 Å². The second kappa shape index (κ2) is 3.34. The zero-order chi connectivity index (χ0) is 8.27. The number of hydrogen-bond acceptors (Lipinski definition) is 4. The molecule has 4 N–H and O–H groups in total. The van der Waals surface area contributed by atoms with Crippen LogP contribution in [-0.2, 0) is 6.54 Å². The summed E-state index contributed by atoms with van der Waals surface area (Å²) in [6, 6.07) is 6.68. The lowest BCUT2D eigenvalue weighted by Crippen LogP contribution is -2.11. The van der Waals surface area contributed by atoms with E-state index in [0.29, 0.717) is 12.2 Å². The average molecular weight is 154 g/mol. The van der Waals surface area contributed by atoms with Crippen molar-refractivity contribution in [3.8, 4) is 0 Å². The Hall–Kier alpha value is -1.10. The van der Waals surface area contributed by atoms with Gasteiger partial charge in [-0.2, -0.15) is 0 Å². The number of benzene rings is 1. The van der Waals surface area contributed by atoms with Crippen LogP contribution in [0.3, 0.4) is 0 Å². The lowest BCUT2D eigenvalue weighted by atomic mass is 10.2. The molecule has 0 bridgehead atoms. The monoisotopic (exact) mass is 154 g/mol. The normalized spacial score (nSPS) is 9.73. The predicted molar refractivity (Wildman–Crippen MR) is 40.4 cm³/mol. The van der Waals surface area contributed by atoms with Gasteiger partial charge in [-0.3, -0.25) is 10.4 Å². The molecule has 4 heteroatoms. The van der Waals surface area contributed by atoms with E-state index in [1.54, 1.807) is 18.2 Å². The summed E-state index contributed by atoms with van der Waals surface area (Å²) in [5, 5.41) is 17.3. The van der Waals surface area contributed by atoms with Gasteiger partial charge in [0.1, 0.15) is 0 Å². The molecule has 1 aromatic carbocycles. The number of anilines is 1. The standard InChI is InChI=1S/C7H10N2O2/c8-5-6-2-1-3-7(4-6)9(10)11/h1-4,10-11H,5,8H2. The van der Waals surface area contributed by atoms with Gasteiger partial charge in [0.05, 0.1) is 5.69 Å². The molecular formula is C7H10N2O2. The number of hydrogen-bond donors (Lipinski definition) is 3. The zero-order valence-electron chi connectivity index (χ0n) is 5.94. The van der Waals surface area contributed by atoms with Gasteiger partial charge >= 0.3 is 0 Å². The molecule has 0 radical (unpaired) electrons. The highest BCUT2D eigenvalue weighted by molar-refractivity contribution is 5.43. The molecule has 60 valence electrons. The van der Waals surface area contributed by atoms with Gasteiger partial charge in [0.15, 0.2) is 0 Å². The Labute approximate surface area is 64.4 Å². The van der Waals surface area contributed by atoms with E-state index in [0.717, 1.165) is 5.56 Å². The van der Waals surface area contributed by atoms with Crippen molar-refractivity contribution >= 4 is 5.69 Å². The second-order valence-corrected chi connectivity index (χ2v) is 2.16. The van der Waals surface area contributed by atoms with Crippen LogP contribution >= 0.6 is 0 Å². The summed E-state index contributed by atoms with van der Waals surface area (Å²) < 4.78 is 0. The quantitative estimate of drug-likeness (QED) is 0.549. The second-order valence-electron chi connectivity index (χ2n) is 2.16. The smallest absolute Gasteiger partial charge is 0.0946 e. The summed E-state index contributed by atoms with van der Waals surface area (Å²) in [6.45, 7) is 0.391. The Morgan fingerprint density at radius 3 is 2.64 bits per heavy atom. The van der Waals surface area contributed by atoms with Crippen molar-refractivity contribution in [3.63, 3.8) is 0 Å². The lowest BCUT2D eigenvalue weighted by Gasteiger charge is -2.07. The summed E-state index contributed by atoms with van der Waals surface area (Å²) >= 11 is 0. The third-order valence-electron chi connectivity index (χ3n) is 1.38. The molecule has 1 aromatic rings. The first-order valence-electron chi connectivity index (χ1n) is 3.21. The minimum atomic E-state index is 0.0686. The minimum absolute atomic E-state index is 0.0686. The molecule has 11 heavy (non-hydrogen) atoms. The largest absolute Gasteiger partial charge is 0.326 e. The Morgan fingerprint density at radius 2 is 2.09 bits per heavy atom. The summed E-state index contributed by atoms with van der Waals surface area (Å²) in [5.74, 6) is 0. The van der Waals surface area contributed by atoms with Crippen molar-refractivity contribution in [1.82, 2.24) is 0 Å². The molecule has 0 aromatic heterocycles. The molecule has 0 aliphatic carbocycles. The number of nitrogens with zero attached hydrogens (tertiary/aromatic N) is 1. The van der Waals surface area contributed by atoms with Gasteiger partial charge in [0.2, 0.25) is 0 Å². The Balaban J connectivity index is 2.91. The molecular weight excluding hydrogens is 144 g/mol. The van der Waals surface area contributed by atoms with Crippen LogP contribution in [0.15, 0.2) is 24.3 Å². The fraction of sp³-hybridized carbons (Fsp3) is 0.143. The van der Waals surface area contributed by atoms with Crippen molar-refractivity contribution in [3.05, 3.63) is 29.8 Å². The van der Waals surface area contributed by atoms with E-state index in [4.69, 9.17) is 16.1 Å². The van der Waals surface area contributed by atoms with Gasteiger partial charge < -0.3 is 5.73 Å². The minimum Gasteiger partial charge on any atom is -0.326 e. The Bertz CT molecular complexity index is 238. The first kappa shape index (κ1) is 8.00. The topological polar surface area (TPSA) is 69.7 Å². The molecule has 0 saturated heterocycles. The van der Waals surface area contributed by atoms with Crippen molar-refractivity contribution in [2.24, 2.45) is 5.73 Å². The molecule has 0 atom stereocenters. The van der Waals surface area contributed by atoms with Crippen LogP contribution < -0.4 is 11.0 Å². The highest BCUT2D eigenvalue weighted by atomic mass is 16.8. The molecule has 0 fully saturated rings. The van der Waals surface area contributed by atoms with E-state index >= 15 is 0 Å². The molecule has 0 spiro atoms. The maximum absolute atomic E-state index is 8.59. The average Bonchev–Trinajstić information content (AvgIpc) is 2.05. The molecule has 1 rings (SSSR count). The molecule has 4 nitrogen and oxygen atoms in total. The van der Waals surface area contributed by atoms with E-state index in [-0.39, 0.29) is 5.23 Å². The van der Waals surface area contributed by atoms with Crippen molar-refractivity contribution < 1.29 is 10.4 Å². The van der Waals surface area contributed by atoms with Crippen molar-refractivity contribution in [2.75, 3.05) is 5.23 Å². The zero-order valence-corrected chi connectivity index (χ0v) is 5.94. The number of rotatable bonds is 2. The van der Waals surface area contributed by atoms with E-state index in [1.165, 1.54) is 0 Å².